The van der Waals surface area contributed by atoms with Crippen molar-refractivity contribution in [2.45, 2.75) is 0 Å². The molecule has 112 valence electrons. The standard InChI is InChI=1S/C14H12Cl3NO3/c1-19-13-5-10(18)12(6-14(13)20-2)21-11-4-8(16)7(15)3-9(11)17/h3-6H,18H2,1-2H3. The maximum Gasteiger partial charge on any atom is 0.164 e. The maximum atomic E-state index is 6.07. The molecule has 0 bridgehead atoms. The third-order valence-electron chi connectivity index (χ3n) is 2.71. The van der Waals surface area contributed by atoms with Gasteiger partial charge in [0.05, 0.1) is 35.0 Å². The largest absolute Gasteiger partial charge is 0.493 e. The summed E-state index contributed by atoms with van der Waals surface area (Å²) in [6.07, 6.45) is 0. The number of rotatable bonds is 4. The van der Waals surface area contributed by atoms with Gasteiger partial charge in [0.2, 0.25) is 0 Å². The van der Waals surface area contributed by atoms with E-state index in [4.69, 9.17) is 54.7 Å². The van der Waals surface area contributed by atoms with E-state index in [1.54, 1.807) is 12.1 Å². The molecule has 4 nitrogen and oxygen atoms in total. The molecule has 0 aliphatic carbocycles. The lowest BCUT2D eigenvalue weighted by Gasteiger charge is -2.14. The van der Waals surface area contributed by atoms with Crippen molar-refractivity contribution < 1.29 is 14.2 Å². The van der Waals surface area contributed by atoms with Crippen molar-refractivity contribution in [3.63, 3.8) is 0 Å². The van der Waals surface area contributed by atoms with Gasteiger partial charge >= 0.3 is 0 Å². The SMILES string of the molecule is COc1cc(N)c(Oc2cc(Cl)c(Cl)cc2Cl)cc1OC. The molecular formula is C14H12Cl3NO3. The summed E-state index contributed by atoms with van der Waals surface area (Å²) in [6.45, 7) is 0. The van der Waals surface area contributed by atoms with E-state index in [1.807, 2.05) is 0 Å². The molecule has 21 heavy (non-hydrogen) atoms. The first kappa shape index (κ1) is 15.9. The molecular weight excluding hydrogens is 337 g/mol. The number of benzene rings is 2. The fourth-order valence-corrected chi connectivity index (χ4v) is 2.24. The smallest absolute Gasteiger partial charge is 0.164 e. The van der Waals surface area contributed by atoms with Crippen LogP contribution in [0, 0.1) is 0 Å². The maximum absolute atomic E-state index is 6.07. The van der Waals surface area contributed by atoms with E-state index in [0.717, 1.165) is 0 Å². The van der Waals surface area contributed by atoms with Crippen molar-refractivity contribution in [2.24, 2.45) is 0 Å². The molecule has 0 unspecified atom stereocenters. The lowest BCUT2D eigenvalue weighted by atomic mass is 10.2. The van der Waals surface area contributed by atoms with E-state index >= 15 is 0 Å². The van der Waals surface area contributed by atoms with Crippen molar-refractivity contribution in [3.8, 4) is 23.0 Å². The van der Waals surface area contributed by atoms with Crippen LogP contribution in [0.15, 0.2) is 24.3 Å². The minimum Gasteiger partial charge on any atom is -0.493 e. The second kappa shape index (κ2) is 6.52. The molecule has 0 saturated carbocycles. The molecule has 2 aromatic carbocycles. The van der Waals surface area contributed by atoms with E-state index in [9.17, 15) is 0 Å². The van der Waals surface area contributed by atoms with Gasteiger partial charge in [0.15, 0.2) is 17.2 Å². The first-order valence-corrected chi connectivity index (χ1v) is 6.93. The number of anilines is 1. The Morgan fingerprint density at radius 1 is 0.714 bits per heavy atom. The highest BCUT2D eigenvalue weighted by atomic mass is 35.5. The Hall–Kier alpha value is -1.49. The number of ether oxygens (including phenoxy) is 3. The quantitative estimate of drug-likeness (QED) is 0.621. The molecule has 2 aromatic rings. The third kappa shape index (κ3) is 3.40. The average molecular weight is 349 g/mol. The zero-order valence-electron chi connectivity index (χ0n) is 11.2. The van der Waals surface area contributed by atoms with Crippen molar-refractivity contribution >= 4 is 40.5 Å². The van der Waals surface area contributed by atoms with Crippen LogP contribution < -0.4 is 19.9 Å². The monoisotopic (exact) mass is 347 g/mol. The predicted molar refractivity (Wildman–Crippen MR) is 85.5 cm³/mol. The summed E-state index contributed by atoms with van der Waals surface area (Å²) >= 11 is 17.9. The Balaban J connectivity index is 2.42. The molecule has 0 atom stereocenters. The molecule has 0 aliphatic heterocycles. The Morgan fingerprint density at radius 2 is 1.29 bits per heavy atom. The minimum absolute atomic E-state index is 0.318. The van der Waals surface area contributed by atoms with E-state index in [1.165, 1.54) is 26.4 Å². The molecule has 0 radical (unpaired) electrons. The predicted octanol–water partition coefficient (Wildman–Crippen LogP) is 5.04. The van der Waals surface area contributed by atoms with E-state index in [2.05, 4.69) is 0 Å². The molecule has 0 saturated heterocycles. The van der Waals surface area contributed by atoms with Crippen molar-refractivity contribution in [3.05, 3.63) is 39.3 Å². The van der Waals surface area contributed by atoms with Gasteiger partial charge in [-0.25, -0.2) is 0 Å². The first-order chi connectivity index (χ1) is 9.96. The third-order valence-corrected chi connectivity index (χ3v) is 3.73. The van der Waals surface area contributed by atoms with Gasteiger partial charge in [-0.2, -0.15) is 0 Å². The number of nitrogens with two attached hydrogens (primary N) is 1. The summed E-state index contributed by atoms with van der Waals surface area (Å²) in [5.74, 6) is 1.69. The molecule has 0 aliphatic rings. The fourth-order valence-electron chi connectivity index (χ4n) is 1.67. The number of hydrogen-bond acceptors (Lipinski definition) is 4. The zero-order valence-corrected chi connectivity index (χ0v) is 13.5. The lowest BCUT2D eigenvalue weighted by Crippen LogP contribution is -1.97. The number of nitrogen functional groups attached to an aromatic ring is 1. The first-order valence-electron chi connectivity index (χ1n) is 5.80. The second-order valence-corrected chi connectivity index (χ2v) is 5.27. The van der Waals surface area contributed by atoms with E-state index in [-0.39, 0.29) is 0 Å². The summed E-state index contributed by atoms with van der Waals surface area (Å²) in [5.41, 5.74) is 6.29. The lowest BCUT2D eigenvalue weighted by molar-refractivity contribution is 0.352. The molecule has 0 spiro atoms. The van der Waals surface area contributed by atoms with Gasteiger partial charge in [-0.3, -0.25) is 0 Å². The summed E-state index contributed by atoms with van der Waals surface area (Å²) in [6, 6.07) is 6.21. The highest BCUT2D eigenvalue weighted by Crippen LogP contribution is 2.41. The summed E-state index contributed by atoms with van der Waals surface area (Å²) in [7, 11) is 3.04. The molecule has 7 heteroatoms. The average Bonchev–Trinajstić information content (AvgIpc) is 2.46. The summed E-state index contributed by atoms with van der Waals surface area (Å²) in [5, 5.41) is 0.989. The number of methoxy groups -OCH3 is 2. The molecule has 0 amide bonds. The molecule has 0 aromatic heterocycles. The molecule has 0 heterocycles. The van der Waals surface area contributed by atoms with Crippen LogP contribution in [0.25, 0.3) is 0 Å². The van der Waals surface area contributed by atoms with Gasteiger partial charge in [-0.15, -0.1) is 0 Å². The van der Waals surface area contributed by atoms with E-state index < -0.39 is 0 Å². The van der Waals surface area contributed by atoms with E-state index in [0.29, 0.717) is 43.8 Å². The highest BCUT2D eigenvalue weighted by Gasteiger charge is 2.14. The van der Waals surface area contributed by atoms with Gasteiger partial charge < -0.3 is 19.9 Å². The van der Waals surface area contributed by atoms with Crippen molar-refractivity contribution in [1.82, 2.24) is 0 Å². The summed E-state index contributed by atoms with van der Waals surface area (Å²) < 4.78 is 16.0. The topological polar surface area (TPSA) is 53.7 Å². The molecule has 2 N–H and O–H groups in total. The zero-order chi connectivity index (χ0) is 15.6. The van der Waals surface area contributed by atoms with Crippen LogP contribution >= 0.6 is 34.8 Å². The van der Waals surface area contributed by atoms with Gasteiger partial charge in [0, 0.05) is 18.2 Å². The number of halogens is 3. The fraction of sp³-hybridized carbons (Fsp3) is 0.143. The van der Waals surface area contributed by atoms with Gasteiger partial charge in [0.1, 0.15) is 5.75 Å². The molecule has 0 fully saturated rings. The van der Waals surface area contributed by atoms with Crippen LogP contribution in [-0.2, 0) is 0 Å². The van der Waals surface area contributed by atoms with Crippen LogP contribution in [0.2, 0.25) is 15.1 Å². The Morgan fingerprint density at radius 3 is 1.90 bits per heavy atom. The van der Waals surface area contributed by atoms with Gasteiger partial charge in [-0.1, -0.05) is 34.8 Å². The Bertz CT molecular complexity index is 677. The van der Waals surface area contributed by atoms with Gasteiger partial charge in [0.25, 0.3) is 0 Å². The summed E-state index contributed by atoms with van der Waals surface area (Å²) in [4.78, 5) is 0. The Labute approximate surface area is 137 Å². The van der Waals surface area contributed by atoms with Crippen LogP contribution in [0.1, 0.15) is 0 Å². The normalized spacial score (nSPS) is 10.3. The highest BCUT2D eigenvalue weighted by molar-refractivity contribution is 6.43. The van der Waals surface area contributed by atoms with Crippen LogP contribution in [0.5, 0.6) is 23.0 Å². The van der Waals surface area contributed by atoms with Crippen molar-refractivity contribution in [1.29, 1.82) is 0 Å². The van der Waals surface area contributed by atoms with Crippen LogP contribution in [0.3, 0.4) is 0 Å². The minimum atomic E-state index is 0.318. The van der Waals surface area contributed by atoms with Gasteiger partial charge in [-0.05, 0) is 6.07 Å². The van der Waals surface area contributed by atoms with Crippen LogP contribution in [-0.4, -0.2) is 14.2 Å². The van der Waals surface area contributed by atoms with Crippen molar-refractivity contribution in [2.75, 3.05) is 20.0 Å². The number of hydrogen-bond donors (Lipinski definition) is 1. The Kier molecular flexibility index (Phi) is 4.93. The molecule has 2 rings (SSSR count). The second-order valence-electron chi connectivity index (χ2n) is 4.04. The van der Waals surface area contributed by atoms with Crippen LogP contribution in [0.4, 0.5) is 5.69 Å².